The Morgan fingerprint density at radius 3 is 2.75 bits per heavy atom. The van der Waals surface area contributed by atoms with Crippen molar-refractivity contribution in [2.45, 2.75) is 6.92 Å². The number of fused-ring (bicyclic) bond motifs is 1. The van der Waals surface area contributed by atoms with Gasteiger partial charge in [-0.2, -0.15) is 0 Å². The van der Waals surface area contributed by atoms with Crippen molar-refractivity contribution in [1.29, 1.82) is 0 Å². The van der Waals surface area contributed by atoms with E-state index in [-0.39, 0.29) is 12.7 Å². The quantitative estimate of drug-likeness (QED) is 0.850. The molecule has 0 unspecified atom stereocenters. The highest BCUT2D eigenvalue weighted by molar-refractivity contribution is 8.18. The third-order valence-corrected chi connectivity index (χ3v) is 4.52. The average Bonchev–Trinajstić information content (AvgIpc) is 3.16. The van der Waals surface area contributed by atoms with Gasteiger partial charge in [0.25, 0.3) is 5.91 Å². The van der Waals surface area contributed by atoms with Gasteiger partial charge in [-0.15, -0.1) is 0 Å². The molecule has 1 saturated heterocycles. The van der Waals surface area contributed by atoms with Crippen molar-refractivity contribution < 1.29 is 14.3 Å². The minimum atomic E-state index is -0.150. The van der Waals surface area contributed by atoms with Crippen LogP contribution in [-0.4, -0.2) is 17.9 Å². The van der Waals surface area contributed by atoms with Gasteiger partial charge in [-0.05, 0) is 54.6 Å². The number of nitrogens with zero attached hydrogens (tertiary/aromatic N) is 1. The van der Waals surface area contributed by atoms with Crippen molar-refractivity contribution in [3.05, 3.63) is 58.5 Å². The number of carbonyl (C=O) groups is 1. The highest BCUT2D eigenvalue weighted by atomic mass is 32.2. The number of aliphatic imine (C=N–C) groups is 1. The lowest BCUT2D eigenvalue weighted by Crippen LogP contribution is -2.19. The predicted octanol–water partition coefficient (Wildman–Crippen LogP) is 3.62. The molecule has 5 nitrogen and oxygen atoms in total. The smallest absolute Gasteiger partial charge is 0.264 e. The Morgan fingerprint density at radius 2 is 1.92 bits per heavy atom. The third kappa shape index (κ3) is 3.00. The van der Waals surface area contributed by atoms with Gasteiger partial charge in [-0.3, -0.25) is 4.79 Å². The maximum atomic E-state index is 12.1. The number of carbonyl (C=O) groups excluding carboxylic acids is 1. The van der Waals surface area contributed by atoms with E-state index in [0.717, 1.165) is 17.0 Å². The summed E-state index contributed by atoms with van der Waals surface area (Å²) >= 11 is 1.32. The number of nitrogens with one attached hydrogen (secondary N) is 1. The first-order chi connectivity index (χ1) is 11.7. The minimum absolute atomic E-state index is 0.150. The number of amidine groups is 1. The number of ether oxygens (including phenoxy) is 2. The number of aryl methyl sites for hydroxylation is 1. The Bertz CT molecular complexity index is 872. The fourth-order valence-corrected chi connectivity index (χ4v) is 3.21. The van der Waals surface area contributed by atoms with Gasteiger partial charge in [0, 0.05) is 0 Å². The Morgan fingerprint density at radius 1 is 1.12 bits per heavy atom. The number of hydrogen-bond donors (Lipinski definition) is 1. The number of rotatable bonds is 2. The molecule has 1 N–H and O–H groups in total. The lowest BCUT2D eigenvalue weighted by atomic mass is 10.2. The van der Waals surface area contributed by atoms with Crippen molar-refractivity contribution in [2.24, 2.45) is 4.99 Å². The molecule has 2 aliphatic rings. The van der Waals surface area contributed by atoms with E-state index in [0.29, 0.717) is 15.8 Å². The molecule has 0 spiro atoms. The van der Waals surface area contributed by atoms with Crippen LogP contribution >= 0.6 is 11.8 Å². The van der Waals surface area contributed by atoms with E-state index in [1.54, 1.807) is 0 Å². The fraction of sp³-hybridized carbons (Fsp3) is 0.111. The van der Waals surface area contributed by atoms with Crippen LogP contribution < -0.4 is 14.8 Å². The zero-order chi connectivity index (χ0) is 16.5. The minimum Gasteiger partial charge on any atom is -0.454 e. The second-order valence-electron chi connectivity index (χ2n) is 5.43. The van der Waals surface area contributed by atoms with Crippen molar-refractivity contribution in [1.82, 2.24) is 5.32 Å². The molecule has 0 aromatic heterocycles. The van der Waals surface area contributed by atoms with Gasteiger partial charge in [-0.25, -0.2) is 4.99 Å². The van der Waals surface area contributed by atoms with Crippen molar-refractivity contribution >= 4 is 34.6 Å². The highest BCUT2D eigenvalue weighted by Crippen LogP contribution is 2.34. The lowest BCUT2D eigenvalue weighted by Gasteiger charge is -1.98. The summed E-state index contributed by atoms with van der Waals surface area (Å²) in [5, 5.41) is 3.37. The molecule has 0 atom stereocenters. The van der Waals surface area contributed by atoms with Crippen LogP contribution in [0.25, 0.3) is 6.08 Å². The maximum absolute atomic E-state index is 12.1. The Balaban J connectivity index is 1.56. The second-order valence-corrected chi connectivity index (χ2v) is 6.46. The largest absolute Gasteiger partial charge is 0.454 e. The number of thioether (sulfide) groups is 1. The zero-order valence-electron chi connectivity index (χ0n) is 12.9. The molecule has 2 aromatic rings. The molecule has 1 amide bonds. The molecule has 2 heterocycles. The molecule has 24 heavy (non-hydrogen) atoms. The molecular formula is C18H14N2O3S. The predicted molar refractivity (Wildman–Crippen MR) is 94.5 cm³/mol. The van der Waals surface area contributed by atoms with E-state index in [9.17, 15) is 4.79 Å². The molecule has 4 rings (SSSR count). The van der Waals surface area contributed by atoms with Gasteiger partial charge < -0.3 is 14.8 Å². The summed E-state index contributed by atoms with van der Waals surface area (Å²) in [4.78, 5) is 17.2. The van der Waals surface area contributed by atoms with Crippen LogP contribution in [0.3, 0.4) is 0 Å². The van der Waals surface area contributed by atoms with E-state index in [1.165, 1.54) is 17.3 Å². The summed E-state index contributed by atoms with van der Waals surface area (Å²) in [6.45, 7) is 2.26. The maximum Gasteiger partial charge on any atom is 0.264 e. The van der Waals surface area contributed by atoms with E-state index in [2.05, 4.69) is 10.3 Å². The van der Waals surface area contributed by atoms with E-state index >= 15 is 0 Å². The van der Waals surface area contributed by atoms with Gasteiger partial charge in [0.1, 0.15) is 0 Å². The van der Waals surface area contributed by atoms with Crippen LogP contribution in [-0.2, 0) is 4.79 Å². The van der Waals surface area contributed by atoms with Gasteiger partial charge in [-0.1, -0.05) is 23.8 Å². The average molecular weight is 338 g/mol. The fourth-order valence-electron chi connectivity index (χ4n) is 2.37. The van der Waals surface area contributed by atoms with Gasteiger partial charge in [0.15, 0.2) is 16.7 Å². The standard InChI is InChI=1S/C18H14N2O3S/c1-11-2-5-13(6-3-11)19-18-20-17(21)16(24-18)9-12-4-7-14-15(8-12)23-10-22-14/h2-9H,10H2,1H3,(H,19,20,21). The molecule has 6 heteroatoms. The molecule has 2 aromatic carbocycles. The molecular weight excluding hydrogens is 324 g/mol. The molecule has 120 valence electrons. The monoisotopic (exact) mass is 338 g/mol. The van der Waals surface area contributed by atoms with E-state index < -0.39 is 0 Å². The molecule has 2 aliphatic heterocycles. The summed E-state index contributed by atoms with van der Waals surface area (Å²) < 4.78 is 10.6. The highest BCUT2D eigenvalue weighted by Gasteiger charge is 2.24. The van der Waals surface area contributed by atoms with Gasteiger partial charge >= 0.3 is 0 Å². The SMILES string of the molecule is Cc1ccc(N=C2NC(=O)C(=Cc3ccc4c(c3)OCO4)S2)cc1. The van der Waals surface area contributed by atoms with Crippen molar-refractivity contribution in [2.75, 3.05) is 6.79 Å². The number of amides is 1. The Kier molecular flexibility index (Phi) is 3.74. The first-order valence-corrected chi connectivity index (χ1v) is 8.25. The normalized spacial score (nSPS) is 19.1. The lowest BCUT2D eigenvalue weighted by molar-refractivity contribution is -0.115. The van der Waals surface area contributed by atoms with E-state index in [4.69, 9.17) is 9.47 Å². The van der Waals surface area contributed by atoms with Crippen molar-refractivity contribution in [3.63, 3.8) is 0 Å². The number of hydrogen-bond acceptors (Lipinski definition) is 5. The van der Waals surface area contributed by atoms with Crippen LogP contribution in [0.5, 0.6) is 11.5 Å². The van der Waals surface area contributed by atoms with Gasteiger partial charge in [0.05, 0.1) is 10.6 Å². The molecule has 0 aliphatic carbocycles. The molecule has 1 fully saturated rings. The first kappa shape index (κ1) is 14.8. The van der Waals surface area contributed by atoms with Crippen LogP contribution in [0.2, 0.25) is 0 Å². The zero-order valence-corrected chi connectivity index (χ0v) is 13.7. The van der Waals surface area contributed by atoms with Crippen molar-refractivity contribution in [3.8, 4) is 11.5 Å². The molecule has 0 bridgehead atoms. The number of benzene rings is 2. The Labute approximate surface area is 143 Å². The summed E-state index contributed by atoms with van der Waals surface area (Å²) in [6, 6.07) is 13.4. The van der Waals surface area contributed by atoms with E-state index in [1.807, 2.05) is 55.5 Å². The van der Waals surface area contributed by atoms with Crippen LogP contribution in [0.1, 0.15) is 11.1 Å². The van der Waals surface area contributed by atoms with Crippen LogP contribution in [0.4, 0.5) is 5.69 Å². The summed E-state index contributed by atoms with van der Waals surface area (Å²) in [7, 11) is 0. The third-order valence-electron chi connectivity index (χ3n) is 3.61. The molecule has 0 saturated carbocycles. The summed E-state index contributed by atoms with van der Waals surface area (Å²) in [6.07, 6.45) is 1.82. The van der Waals surface area contributed by atoms with Crippen LogP contribution in [0, 0.1) is 6.92 Å². The van der Waals surface area contributed by atoms with Gasteiger partial charge in [0.2, 0.25) is 6.79 Å². The molecule has 0 radical (unpaired) electrons. The Hall–Kier alpha value is -2.73. The summed E-state index contributed by atoms with van der Waals surface area (Å²) in [5.74, 6) is 1.27. The first-order valence-electron chi connectivity index (χ1n) is 7.43. The summed E-state index contributed by atoms with van der Waals surface area (Å²) in [5.41, 5.74) is 2.87. The van der Waals surface area contributed by atoms with Crippen LogP contribution in [0.15, 0.2) is 52.4 Å². The topological polar surface area (TPSA) is 59.9 Å². The second kappa shape index (κ2) is 6.05.